The Kier molecular flexibility index (Phi) is 5.36. The van der Waals surface area contributed by atoms with Crippen molar-refractivity contribution in [2.24, 2.45) is 5.73 Å². The molecule has 5 heteroatoms. The number of amides is 2. The van der Waals surface area contributed by atoms with Gasteiger partial charge in [-0.2, -0.15) is 0 Å². The lowest BCUT2D eigenvalue weighted by molar-refractivity contribution is -0.122. The number of rotatable bonds is 6. The summed E-state index contributed by atoms with van der Waals surface area (Å²) >= 11 is 0. The molecule has 2 rings (SSSR count). The first kappa shape index (κ1) is 16.5. The van der Waals surface area contributed by atoms with Crippen molar-refractivity contribution in [3.8, 4) is 5.75 Å². The van der Waals surface area contributed by atoms with E-state index >= 15 is 0 Å². The molecule has 2 aromatic rings. The van der Waals surface area contributed by atoms with Crippen molar-refractivity contribution in [2.45, 2.75) is 26.4 Å². The van der Waals surface area contributed by atoms with Crippen LogP contribution in [-0.2, 0) is 11.2 Å². The maximum atomic E-state index is 12.1. The number of carbonyl (C=O) groups is 2. The maximum absolute atomic E-state index is 12.1. The quantitative estimate of drug-likeness (QED) is 0.860. The molecular formula is C18H20N2O3. The number of anilines is 1. The Balaban J connectivity index is 1.94. The van der Waals surface area contributed by atoms with E-state index in [1.807, 2.05) is 24.3 Å². The average molecular weight is 312 g/mol. The molecule has 0 saturated carbocycles. The highest BCUT2D eigenvalue weighted by Crippen LogP contribution is 2.15. The second-order valence-electron chi connectivity index (χ2n) is 5.19. The van der Waals surface area contributed by atoms with Gasteiger partial charge in [-0.1, -0.05) is 19.1 Å². The van der Waals surface area contributed by atoms with E-state index in [9.17, 15) is 9.59 Å². The fourth-order valence-corrected chi connectivity index (χ4v) is 2.02. The molecule has 2 aromatic carbocycles. The molecular weight excluding hydrogens is 292 g/mol. The summed E-state index contributed by atoms with van der Waals surface area (Å²) in [5.74, 6) is -0.245. The Labute approximate surface area is 135 Å². The molecule has 0 spiro atoms. The van der Waals surface area contributed by atoms with Gasteiger partial charge in [0.2, 0.25) is 5.91 Å². The van der Waals surface area contributed by atoms with Crippen LogP contribution in [0.25, 0.3) is 0 Å². The van der Waals surface area contributed by atoms with Gasteiger partial charge < -0.3 is 15.8 Å². The maximum Gasteiger partial charge on any atom is 0.265 e. The van der Waals surface area contributed by atoms with Gasteiger partial charge in [0.15, 0.2) is 6.10 Å². The molecule has 0 bridgehead atoms. The molecule has 0 unspecified atom stereocenters. The van der Waals surface area contributed by atoms with Crippen molar-refractivity contribution in [1.82, 2.24) is 0 Å². The Morgan fingerprint density at radius 3 is 2.22 bits per heavy atom. The molecule has 0 heterocycles. The zero-order valence-electron chi connectivity index (χ0n) is 13.2. The lowest BCUT2D eigenvalue weighted by atomic mass is 10.1. The van der Waals surface area contributed by atoms with E-state index < -0.39 is 12.0 Å². The van der Waals surface area contributed by atoms with Crippen LogP contribution in [0.5, 0.6) is 5.75 Å². The van der Waals surface area contributed by atoms with E-state index in [2.05, 4.69) is 12.2 Å². The van der Waals surface area contributed by atoms with Crippen molar-refractivity contribution < 1.29 is 14.3 Å². The number of hydrogen-bond donors (Lipinski definition) is 2. The van der Waals surface area contributed by atoms with Gasteiger partial charge in [-0.15, -0.1) is 0 Å². The number of carbonyl (C=O) groups excluding carboxylic acids is 2. The number of primary amides is 1. The summed E-state index contributed by atoms with van der Waals surface area (Å²) < 4.78 is 5.56. The number of aryl methyl sites for hydroxylation is 1. The minimum absolute atomic E-state index is 0.242. The molecule has 1 atom stereocenters. The first-order valence-corrected chi connectivity index (χ1v) is 7.46. The first-order chi connectivity index (χ1) is 11.0. The Bertz CT molecular complexity index is 678. The Hall–Kier alpha value is -2.82. The van der Waals surface area contributed by atoms with Gasteiger partial charge in [-0.05, 0) is 55.3 Å². The zero-order valence-corrected chi connectivity index (χ0v) is 13.2. The number of benzene rings is 2. The number of nitrogens with two attached hydrogens (primary N) is 1. The van der Waals surface area contributed by atoms with E-state index in [1.54, 1.807) is 31.2 Å². The third kappa shape index (κ3) is 4.57. The van der Waals surface area contributed by atoms with Crippen LogP contribution in [0.1, 0.15) is 29.8 Å². The zero-order chi connectivity index (χ0) is 16.8. The second kappa shape index (κ2) is 7.45. The number of hydrogen-bond acceptors (Lipinski definition) is 3. The molecule has 120 valence electrons. The SMILES string of the molecule is CCc1ccc(NC(=O)[C@@H](C)Oc2ccc(C(N)=O)cc2)cc1. The average Bonchev–Trinajstić information content (AvgIpc) is 2.56. The third-order valence-electron chi connectivity index (χ3n) is 3.45. The molecule has 0 aliphatic rings. The van der Waals surface area contributed by atoms with E-state index in [-0.39, 0.29) is 5.91 Å². The molecule has 0 saturated heterocycles. The van der Waals surface area contributed by atoms with Gasteiger partial charge in [0.1, 0.15) is 5.75 Å². The minimum atomic E-state index is -0.666. The van der Waals surface area contributed by atoms with E-state index in [0.29, 0.717) is 11.3 Å². The van der Waals surface area contributed by atoms with Crippen LogP contribution in [0.4, 0.5) is 5.69 Å². The van der Waals surface area contributed by atoms with Crippen LogP contribution < -0.4 is 15.8 Å². The highest BCUT2D eigenvalue weighted by Gasteiger charge is 2.15. The van der Waals surface area contributed by atoms with Gasteiger partial charge in [0, 0.05) is 11.3 Å². The summed E-state index contributed by atoms with van der Waals surface area (Å²) in [5.41, 5.74) is 7.51. The largest absolute Gasteiger partial charge is 0.481 e. The predicted octanol–water partition coefficient (Wildman–Crippen LogP) is 2.75. The van der Waals surface area contributed by atoms with Crippen LogP contribution in [0, 0.1) is 0 Å². The van der Waals surface area contributed by atoms with Gasteiger partial charge in [-0.3, -0.25) is 9.59 Å². The van der Waals surface area contributed by atoms with Crippen molar-refractivity contribution in [3.05, 3.63) is 59.7 Å². The predicted molar refractivity (Wildman–Crippen MR) is 89.5 cm³/mol. The van der Waals surface area contributed by atoms with E-state index in [4.69, 9.17) is 10.5 Å². The summed E-state index contributed by atoms with van der Waals surface area (Å²) in [4.78, 5) is 23.1. The molecule has 0 radical (unpaired) electrons. The molecule has 0 aliphatic heterocycles. The highest BCUT2D eigenvalue weighted by molar-refractivity contribution is 5.94. The van der Waals surface area contributed by atoms with Gasteiger partial charge in [0.05, 0.1) is 0 Å². The lowest BCUT2D eigenvalue weighted by Gasteiger charge is -2.15. The van der Waals surface area contributed by atoms with Crippen LogP contribution in [-0.4, -0.2) is 17.9 Å². The van der Waals surface area contributed by atoms with Crippen molar-refractivity contribution >= 4 is 17.5 Å². The third-order valence-corrected chi connectivity index (χ3v) is 3.45. The summed E-state index contributed by atoms with van der Waals surface area (Å²) in [7, 11) is 0. The fourth-order valence-electron chi connectivity index (χ4n) is 2.02. The second-order valence-corrected chi connectivity index (χ2v) is 5.19. The molecule has 0 fully saturated rings. The smallest absolute Gasteiger partial charge is 0.265 e. The van der Waals surface area contributed by atoms with E-state index in [0.717, 1.165) is 12.1 Å². The van der Waals surface area contributed by atoms with Crippen LogP contribution in [0.3, 0.4) is 0 Å². The molecule has 0 aliphatic carbocycles. The number of nitrogens with one attached hydrogen (secondary N) is 1. The van der Waals surface area contributed by atoms with Gasteiger partial charge in [-0.25, -0.2) is 0 Å². The van der Waals surface area contributed by atoms with E-state index in [1.165, 1.54) is 5.56 Å². The minimum Gasteiger partial charge on any atom is -0.481 e. The Morgan fingerprint density at radius 2 is 1.70 bits per heavy atom. The molecule has 5 nitrogen and oxygen atoms in total. The molecule has 3 N–H and O–H groups in total. The molecule has 0 aromatic heterocycles. The normalized spacial score (nSPS) is 11.6. The summed E-state index contributed by atoms with van der Waals surface area (Å²) in [6.07, 6.45) is 0.287. The fraction of sp³-hybridized carbons (Fsp3) is 0.222. The molecule has 23 heavy (non-hydrogen) atoms. The van der Waals surface area contributed by atoms with Crippen LogP contribution >= 0.6 is 0 Å². The summed E-state index contributed by atoms with van der Waals surface area (Å²) in [6.45, 7) is 3.74. The van der Waals surface area contributed by atoms with Crippen molar-refractivity contribution in [3.63, 3.8) is 0 Å². The number of ether oxygens (including phenoxy) is 1. The van der Waals surface area contributed by atoms with Crippen molar-refractivity contribution in [2.75, 3.05) is 5.32 Å². The molecule has 2 amide bonds. The Morgan fingerprint density at radius 1 is 1.09 bits per heavy atom. The summed E-state index contributed by atoms with van der Waals surface area (Å²) in [5, 5.41) is 2.80. The van der Waals surface area contributed by atoms with Gasteiger partial charge >= 0.3 is 0 Å². The monoisotopic (exact) mass is 312 g/mol. The highest BCUT2D eigenvalue weighted by atomic mass is 16.5. The standard InChI is InChI=1S/C18H20N2O3/c1-3-13-4-8-15(9-5-13)20-18(22)12(2)23-16-10-6-14(7-11-16)17(19)21/h4-12H,3H2,1-2H3,(H2,19,21)(H,20,22)/t12-/m1/s1. The van der Waals surface area contributed by atoms with Crippen LogP contribution in [0.15, 0.2) is 48.5 Å². The lowest BCUT2D eigenvalue weighted by Crippen LogP contribution is -2.30. The first-order valence-electron chi connectivity index (χ1n) is 7.46. The van der Waals surface area contributed by atoms with Crippen LogP contribution in [0.2, 0.25) is 0 Å². The summed E-state index contributed by atoms with van der Waals surface area (Å²) in [6, 6.07) is 14.0. The van der Waals surface area contributed by atoms with Crippen molar-refractivity contribution in [1.29, 1.82) is 0 Å². The van der Waals surface area contributed by atoms with Gasteiger partial charge in [0.25, 0.3) is 5.91 Å². The topological polar surface area (TPSA) is 81.4 Å².